The zero-order valence-electron chi connectivity index (χ0n) is 11.7. The van der Waals surface area contributed by atoms with Gasteiger partial charge in [0.25, 0.3) is 0 Å². The lowest BCUT2D eigenvalue weighted by Gasteiger charge is -2.12. The van der Waals surface area contributed by atoms with Crippen molar-refractivity contribution in [3.63, 3.8) is 0 Å². The van der Waals surface area contributed by atoms with Crippen molar-refractivity contribution < 1.29 is 5.11 Å². The Kier molecular flexibility index (Phi) is 3.45. The van der Waals surface area contributed by atoms with Crippen molar-refractivity contribution in [1.82, 2.24) is 15.2 Å². The molecule has 0 aliphatic rings. The number of rotatable bonds is 4. The Morgan fingerprint density at radius 1 is 1.33 bits per heavy atom. The highest BCUT2D eigenvalue weighted by atomic mass is 16.3. The van der Waals surface area contributed by atoms with E-state index in [1.165, 1.54) is 0 Å². The van der Waals surface area contributed by atoms with Gasteiger partial charge in [-0.1, -0.05) is 12.1 Å². The molecule has 2 heterocycles. The van der Waals surface area contributed by atoms with Crippen LogP contribution in [0.3, 0.4) is 0 Å². The van der Waals surface area contributed by atoms with Crippen LogP contribution in [0.25, 0.3) is 22.2 Å². The third kappa shape index (κ3) is 2.80. The topological polar surface area (TPSA) is 99.8 Å². The number of aliphatic hydroxyl groups is 1. The molecule has 0 saturated heterocycles. The van der Waals surface area contributed by atoms with Crippen LogP contribution in [0.15, 0.2) is 36.5 Å². The van der Waals surface area contributed by atoms with E-state index in [4.69, 9.17) is 5.73 Å². The van der Waals surface area contributed by atoms with Gasteiger partial charge < -0.3 is 16.2 Å². The summed E-state index contributed by atoms with van der Waals surface area (Å²) in [7, 11) is 0. The van der Waals surface area contributed by atoms with Crippen LogP contribution in [0.2, 0.25) is 0 Å². The molecular weight excluding hydrogens is 266 g/mol. The average molecular weight is 283 g/mol. The summed E-state index contributed by atoms with van der Waals surface area (Å²) in [5, 5.41) is 20.4. The number of nitrogens with zero attached hydrogens (tertiary/aromatic N) is 2. The van der Waals surface area contributed by atoms with Crippen molar-refractivity contribution in [1.29, 1.82) is 0 Å². The number of fused-ring (bicyclic) bond motifs is 1. The second-order valence-corrected chi connectivity index (χ2v) is 5.03. The number of benzene rings is 1. The van der Waals surface area contributed by atoms with Gasteiger partial charge in [-0.3, -0.25) is 5.10 Å². The Balaban J connectivity index is 2.05. The molecule has 108 valence electrons. The van der Waals surface area contributed by atoms with Crippen LogP contribution < -0.4 is 11.1 Å². The molecule has 3 aromatic rings. The highest BCUT2D eigenvalue weighted by Crippen LogP contribution is 2.28. The third-order valence-electron chi connectivity index (χ3n) is 3.23. The maximum absolute atomic E-state index is 9.40. The quantitative estimate of drug-likeness (QED) is 0.587. The number of hydrogen-bond donors (Lipinski definition) is 4. The van der Waals surface area contributed by atoms with E-state index in [0.29, 0.717) is 12.4 Å². The molecule has 0 spiro atoms. The minimum absolute atomic E-state index is 0.432. The van der Waals surface area contributed by atoms with Crippen LogP contribution in [0.5, 0.6) is 0 Å². The van der Waals surface area contributed by atoms with E-state index in [1.54, 1.807) is 19.2 Å². The lowest BCUT2D eigenvalue weighted by molar-refractivity contribution is 0.208. The fourth-order valence-corrected chi connectivity index (χ4v) is 2.24. The second-order valence-electron chi connectivity index (χ2n) is 5.03. The SMILES string of the molecule is C[C@@H](O)CNc1cc(N)nc2cc(-c3ccn[nH]3)ccc12. The number of anilines is 2. The highest BCUT2D eigenvalue weighted by molar-refractivity contribution is 5.95. The number of nitrogens with two attached hydrogens (primary N) is 1. The summed E-state index contributed by atoms with van der Waals surface area (Å²) in [5.41, 5.74) is 9.47. The molecule has 0 bridgehead atoms. The van der Waals surface area contributed by atoms with Crippen molar-refractivity contribution in [2.24, 2.45) is 0 Å². The predicted molar refractivity (Wildman–Crippen MR) is 83.9 cm³/mol. The lowest BCUT2D eigenvalue weighted by atomic mass is 10.1. The van der Waals surface area contributed by atoms with E-state index in [0.717, 1.165) is 27.8 Å². The number of hydrogen-bond acceptors (Lipinski definition) is 5. The Bertz CT molecular complexity index is 752. The molecule has 21 heavy (non-hydrogen) atoms. The van der Waals surface area contributed by atoms with Crippen molar-refractivity contribution in [2.75, 3.05) is 17.6 Å². The lowest BCUT2D eigenvalue weighted by Crippen LogP contribution is -2.15. The van der Waals surface area contributed by atoms with Crippen molar-refractivity contribution in [3.8, 4) is 11.3 Å². The first-order chi connectivity index (χ1) is 10.1. The van der Waals surface area contributed by atoms with Gasteiger partial charge in [0.15, 0.2) is 0 Å². The summed E-state index contributed by atoms with van der Waals surface area (Å²) in [6, 6.07) is 9.64. The minimum Gasteiger partial charge on any atom is -0.392 e. The zero-order valence-corrected chi connectivity index (χ0v) is 11.7. The third-order valence-corrected chi connectivity index (χ3v) is 3.23. The summed E-state index contributed by atoms with van der Waals surface area (Å²) in [4.78, 5) is 4.37. The molecule has 6 nitrogen and oxygen atoms in total. The number of H-pyrrole nitrogens is 1. The van der Waals surface area contributed by atoms with Crippen LogP contribution in [0.1, 0.15) is 6.92 Å². The Morgan fingerprint density at radius 3 is 2.90 bits per heavy atom. The van der Waals surface area contributed by atoms with E-state index in [2.05, 4.69) is 20.5 Å². The van der Waals surface area contributed by atoms with Crippen molar-refractivity contribution in [3.05, 3.63) is 36.5 Å². The van der Waals surface area contributed by atoms with Crippen LogP contribution in [0, 0.1) is 0 Å². The van der Waals surface area contributed by atoms with Crippen molar-refractivity contribution in [2.45, 2.75) is 13.0 Å². The first kappa shape index (κ1) is 13.4. The van der Waals surface area contributed by atoms with E-state index >= 15 is 0 Å². The summed E-state index contributed by atoms with van der Waals surface area (Å²) >= 11 is 0. The van der Waals surface area contributed by atoms with E-state index < -0.39 is 6.10 Å². The number of nitrogens with one attached hydrogen (secondary N) is 2. The number of aromatic nitrogens is 3. The molecule has 0 saturated carbocycles. The van der Waals surface area contributed by atoms with Crippen molar-refractivity contribution >= 4 is 22.4 Å². The monoisotopic (exact) mass is 283 g/mol. The molecule has 6 heteroatoms. The van der Waals surface area contributed by atoms with Crippen LogP contribution in [0.4, 0.5) is 11.5 Å². The van der Waals surface area contributed by atoms with Crippen LogP contribution >= 0.6 is 0 Å². The summed E-state index contributed by atoms with van der Waals surface area (Å²) in [6.07, 6.45) is 1.28. The van der Waals surface area contributed by atoms with Crippen LogP contribution in [-0.2, 0) is 0 Å². The molecule has 1 aromatic carbocycles. The average Bonchev–Trinajstić information content (AvgIpc) is 2.98. The van der Waals surface area contributed by atoms with Gasteiger partial charge in [0.1, 0.15) is 5.82 Å². The van der Waals surface area contributed by atoms with Gasteiger partial charge in [0.05, 0.1) is 17.3 Å². The molecule has 0 aliphatic heterocycles. The molecule has 0 aliphatic carbocycles. The highest BCUT2D eigenvalue weighted by Gasteiger charge is 2.08. The second kappa shape index (κ2) is 5.41. The first-order valence-electron chi connectivity index (χ1n) is 6.75. The van der Waals surface area contributed by atoms with E-state index in [1.807, 2.05) is 24.3 Å². The molecule has 1 atom stereocenters. The zero-order chi connectivity index (χ0) is 14.8. The molecule has 3 rings (SSSR count). The predicted octanol–water partition coefficient (Wildman–Crippen LogP) is 2.00. The number of pyridine rings is 1. The summed E-state index contributed by atoms with van der Waals surface area (Å²) < 4.78 is 0. The van der Waals surface area contributed by atoms with Gasteiger partial charge in [-0.25, -0.2) is 4.98 Å². The van der Waals surface area contributed by atoms with Gasteiger partial charge in [-0.15, -0.1) is 0 Å². The fraction of sp³-hybridized carbons (Fsp3) is 0.200. The Morgan fingerprint density at radius 2 is 2.19 bits per heavy atom. The van der Waals surface area contributed by atoms with Crippen LogP contribution in [-0.4, -0.2) is 32.9 Å². The Labute approximate surface area is 122 Å². The molecule has 5 N–H and O–H groups in total. The van der Waals surface area contributed by atoms with E-state index in [-0.39, 0.29) is 0 Å². The largest absolute Gasteiger partial charge is 0.392 e. The first-order valence-corrected chi connectivity index (χ1v) is 6.75. The summed E-state index contributed by atoms with van der Waals surface area (Å²) in [5.74, 6) is 0.442. The number of aliphatic hydroxyl groups excluding tert-OH is 1. The smallest absolute Gasteiger partial charge is 0.126 e. The normalized spacial score (nSPS) is 12.5. The fourth-order valence-electron chi connectivity index (χ4n) is 2.24. The number of aromatic amines is 1. The maximum atomic E-state index is 9.40. The molecule has 0 fully saturated rings. The molecule has 2 aromatic heterocycles. The van der Waals surface area contributed by atoms with Gasteiger partial charge in [0, 0.05) is 35.4 Å². The molecule has 0 unspecified atom stereocenters. The van der Waals surface area contributed by atoms with Gasteiger partial charge in [-0.05, 0) is 19.1 Å². The van der Waals surface area contributed by atoms with Gasteiger partial charge in [0.2, 0.25) is 0 Å². The molecular formula is C15H17N5O. The number of nitrogen functional groups attached to an aromatic ring is 1. The van der Waals surface area contributed by atoms with Gasteiger partial charge in [-0.2, -0.15) is 5.10 Å². The maximum Gasteiger partial charge on any atom is 0.126 e. The molecule has 0 amide bonds. The summed E-state index contributed by atoms with van der Waals surface area (Å²) in [6.45, 7) is 2.19. The van der Waals surface area contributed by atoms with E-state index in [9.17, 15) is 5.11 Å². The standard InChI is InChI=1S/C15H17N5O/c1-9(21)8-17-13-7-15(16)19-14-6-10(2-3-11(13)14)12-4-5-18-20-12/h2-7,9,21H,8H2,1H3,(H,18,20)(H3,16,17,19)/t9-/m1/s1. The molecule has 0 radical (unpaired) electrons. The van der Waals surface area contributed by atoms with Gasteiger partial charge >= 0.3 is 0 Å². The Hall–Kier alpha value is -2.60. The minimum atomic E-state index is -0.432.